The van der Waals surface area contributed by atoms with Crippen LogP contribution in [0.4, 0.5) is 0 Å². The molecule has 1 aliphatic heterocycles. The van der Waals surface area contributed by atoms with E-state index in [-0.39, 0.29) is 12.2 Å². The minimum atomic E-state index is -0.614. The molecule has 2 aromatic carbocycles. The first-order chi connectivity index (χ1) is 19.5. The third-order valence-corrected chi connectivity index (χ3v) is 8.64. The van der Waals surface area contributed by atoms with Crippen LogP contribution >= 0.6 is 11.3 Å². The Morgan fingerprint density at radius 2 is 1.68 bits per heavy atom. The number of allylic oxidation sites excluding steroid dienone is 1. The highest BCUT2D eigenvalue weighted by atomic mass is 32.1. The van der Waals surface area contributed by atoms with Crippen LogP contribution in [0.5, 0.6) is 0 Å². The summed E-state index contributed by atoms with van der Waals surface area (Å²) in [6.07, 6.45) is 1.95. The van der Waals surface area contributed by atoms with Crippen LogP contribution in [0.25, 0.3) is 11.8 Å². The van der Waals surface area contributed by atoms with Gasteiger partial charge >= 0.3 is 5.97 Å². The van der Waals surface area contributed by atoms with Crippen LogP contribution < -0.4 is 14.9 Å². The first-order valence-corrected chi connectivity index (χ1v) is 14.9. The Hall–Kier alpha value is -3.97. The van der Waals surface area contributed by atoms with Crippen molar-refractivity contribution in [2.45, 2.75) is 67.3 Å². The number of ether oxygens (including phenoxy) is 1. The lowest BCUT2D eigenvalue weighted by molar-refractivity contribution is -0.139. The largest absolute Gasteiger partial charge is 0.463 e. The maximum absolute atomic E-state index is 14.1. The van der Waals surface area contributed by atoms with Crippen LogP contribution in [-0.2, 0) is 9.53 Å². The molecule has 5 rings (SSSR count). The molecule has 212 valence electrons. The lowest BCUT2D eigenvalue weighted by Gasteiger charge is -2.25. The number of rotatable bonds is 6. The van der Waals surface area contributed by atoms with E-state index in [1.165, 1.54) is 28.0 Å². The van der Waals surface area contributed by atoms with E-state index in [9.17, 15) is 9.59 Å². The van der Waals surface area contributed by atoms with Crippen molar-refractivity contribution in [2.75, 3.05) is 6.61 Å². The molecule has 0 saturated heterocycles. The fraction of sp³-hybridized carbons (Fsp3) is 0.324. The fourth-order valence-corrected chi connectivity index (χ4v) is 6.76. The molecule has 0 saturated carbocycles. The number of carbonyl (C=O) groups is 1. The summed E-state index contributed by atoms with van der Waals surface area (Å²) in [5.41, 5.74) is 9.50. The number of esters is 1. The van der Waals surface area contributed by atoms with Crippen molar-refractivity contribution in [1.29, 1.82) is 0 Å². The van der Waals surface area contributed by atoms with Crippen LogP contribution in [0.2, 0.25) is 0 Å². The summed E-state index contributed by atoms with van der Waals surface area (Å²) < 4.78 is 9.89. The molecule has 7 heteroatoms. The Morgan fingerprint density at radius 1 is 1.02 bits per heavy atom. The number of aromatic nitrogens is 2. The molecule has 6 nitrogen and oxygen atoms in total. The molecule has 41 heavy (non-hydrogen) atoms. The zero-order valence-corrected chi connectivity index (χ0v) is 25.8. The van der Waals surface area contributed by atoms with Gasteiger partial charge < -0.3 is 9.30 Å². The van der Waals surface area contributed by atoms with Crippen molar-refractivity contribution in [2.24, 2.45) is 4.99 Å². The lowest BCUT2D eigenvalue weighted by atomic mass is 9.93. The van der Waals surface area contributed by atoms with Gasteiger partial charge in [-0.2, -0.15) is 0 Å². The third kappa shape index (κ3) is 5.26. The molecule has 0 N–H and O–H groups in total. The molecule has 0 bridgehead atoms. The Bertz CT molecular complexity index is 1850. The van der Waals surface area contributed by atoms with E-state index in [1.54, 1.807) is 11.5 Å². The van der Waals surface area contributed by atoms with Crippen molar-refractivity contribution in [3.63, 3.8) is 0 Å². The second-order valence-corrected chi connectivity index (χ2v) is 12.1. The summed E-state index contributed by atoms with van der Waals surface area (Å²) in [5.74, 6) is -0.0754. The summed E-state index contributed by atoms with van der Waals surface area (Å²) in [6, 6.07) is 16.2. The van der Waals surface area contributed by atoms with Crippen LogP contribution in [0.15, 0.2) is 69.6 Å². The van der Waals surface area contributed by atoms with Crippen LogP contribution in [0.3, 0.4) is 0 Å². The van der Waals surface area contributed by atoms with Gasteiger partial charge in [0.15, 0.2) is 4.80 Å². The van der Waals surface area contributed by atoms with Crippen molar-refractivity contribution in [3.8, 4) is 5.69 Å². The smallest absolute Gasteiger partial charge is 0.338 e. The van der Waals surface area contributed by atoms with Crippen molar-refractivity contribution >= 4 is 23.4 Å². The minimum Gasteiger partial charge on any atom is -0.463 e. The highest BCUT2D eigenvalue weighted by Gasteiger charge is 2.33. The van der Waals surface area contributed by atoms with Gasteiger partial charge in [-0.1, -0.05) is 55.5 Å². The van der Waals surface area contributed by atoms with Gasteiger partial charge in [0.05, 0.1) is 28.5 Å². The molecule has 1 unspecified atom stereocenters. The minimum absolute atomic E-state index is 0.169. The number of carbonyl (C=O) groups excluding carboxylic acids is 1. The number of aryl methyl sites for hydroxylation is 3. The van der Waals surface area contributed by atoms with E-state index < -0.39 is 12.0 Å². The van der Waals surface area contributed by atoms with Gasteiger partial charge in [-0.3, -0.25) is 9.36 Å². The van der Waals surface area contributed by atoms with Gasteiger partial charge in [0.2, 0.25) is 0 Å². The van der Waals surface area contributed by atoms with Crippen molar-refractivity contribution in [1.82, 2.24) is 9.13 Å². The Balaban J connectivity index is 1.68. The van der Waals surface area contributed by atoms with E-state index in [4.69, 9.17) is 9.73 Å². The number of hydrogen-bond acceptors (Lipinski definition) is 5. The van der Waals surface area contributed by atoms with E-state index in [0.29, 0.717) is 26.5 Å². The quantitative estimate of drug-likeness (QED) is 0.271. The van der Waals surface area contributed by atoms with Gasteiger partial charge in [-0.25, -0.2) is 9.79 Å². The number of benzene rings is 2. The summed E-state index contributed by atoms with van der Waals surface area (Å²) in [4.78, 5) is 32.6. The number of hydrogen-bond donors (Lipinski definition) is 0. The monoisotopic (exact) mass is 567 g/mol. The zero-order chi connectivity index (χ0) is 29.6. The van der Waals surface area contributed by atoms with E-state index >= 15 is 0 Å². The van der Waals surface area contributed by atoms with Gasteiger partial charge in [-0.15, -0.1) is 0 Å². The molecule has 1 aliphatic rings. The van der Waals surface area contributed by atoms with Gasteiger partial charge in [0, 0.05) is 17.1 Å². The molecule has 0 fully saturated rings. The summed E-state index contributed by atoms with van der Waals surface area (Å²) in [6.45, 7) is 16.5. The standard InChI is InChI=1S/C34H37N3O3S/c1-9-40-33(39)30-23(7)35-34-37(31(30)26-12-10-25(11-13-26)19(2)3)32(38)29(41-34)18-27-17-22(6)36(24(27)8)28-15-20(4)14-21(5)16-28/h10-19,31H,9H2,1-8H3. The lowest BCUT2D eigenvalue weighted by Crippen LogP contribution is -2.39. The Morgan fingerprint density at radius 3 is 2.29 bits per heavy atom. The maximum Gasteiger partial charge on any atom is 0.338 e. The van der Waals surface area contributed by atoms with Crippen molar-refractivity contribution in [3.05, 3.63) is 119 Å². The van der Waals surface area contributed by atoms with E-state index in [0.717, 1.165) is 28.2 Å². The first kappa shape index (κ1) is 28.6. The number of fused-ring (bicyclic) bond motifs is 1. The van der Waals surface area contributed by atoms with Crippen LogP contribution in [0, 0.1) is 27.7 Å². The molecule has 0 spiro atoms. The first-order valence-electron chi connectivity index (χ1n) is 14.1. The molecule has 1 atom stereocenters. The molecule has 0 amide bonds. The Kier molecular flexibility index (Phi) is 7.75. The van der Waals surface area contributed by atoms with Gasteiger partial charge in [0.1, 0.15) is 0 Å². The molecule has 2 aromatic heterocycles. The fourth-order valence-electron chi connectivity index (χ4n) is 5.72. The third-order valence-electron chi connectivity index (χ3n) is 7.66. The molecule has 3 heterocycles. The zero-order valence-electron chi connectivity index (χ0n) is 25.0. The topological polar surface area (TPSA) is 65.6 Å². The van der Waals surface area contributed by atoms with E-state index in [1.807, 2.05) is 25.1 Å². The van der Waals surface area contributed by atoms with Gasteiger partial charge in [0.25, 0.3) is 5.56 Å². The number of nitrogens with zero attached hydrogens (tertiary/aromatic N) is 3. The highest BCUT2D eigenvalue weighted by molar-refractivity contribution is 7.07. The van der Waals surface area contributed by atoms with Crippen LogP contribution in [0.1, 0.15) is 78.9 Å². The summed E-state index contributed by atoms with van der Waals surface area (Å²) in [7, 11) is 0. The SMILES string of the molecule is CCOC(=O)C1=C(C)N=c2sc(=Cc3cc(C)n(-c4cc(C)cc(C)c4)c3C)c(=O)n2C1c1ccc(C(C)C)cc1. The van der Waals surface area contributed by atoms with Gasteiger partial charge in [-0.05, 0) is 99.6 Å². The molecule has 0 aliphatic carbocycles. The van der Waals surface area contributed by atoms with E-state index in [2.05, 4.69) is 82.5 Å². The average molecular weight is 568 g/mol. The normalized spacial score (nSPS) is 15.3. The summed E-state index contributed by atoms with van der Waals surface area (Å²) >= 11 is 1.35. The molecular weight excluding hydrogens is 530 g/mol. The second-order valence-electron chi connectivity index (χ2n) is 11.1. The van der Waals surface area contributed by atoms with Crippen LogP contribution in [-0.4, -0.2) is 21.7 Å². The number of thiazole rings is 1. The van der Waals surface area contributed by atoms with Crippen molar-refractivity contribution < 1.29 is 9.53 Å². The maximum atomic E-state index is 14.1. The average Bonchev–Trinajstić information content (AvgIpc) is 3.36. The summed E-state index contributed by atoms with van der Waals surface area (Å²) in [5, 5.41) is 0. The second kappa shape index (κ2) is 11.1. The molecular formula is C34H37N3O3S. The molecule has 0 radical (unpaired) electrons. The predicted octanol–water partition coefficient (Wildman–Crippen LogP) is 5.95. The molecule has 4 aromatic rings. The highest BCUT2D eigenvalue weighted by Crippen LogP contribution is 2.31. The predicted molar refractivity (Wildman–Crippen MR) is 166 cm³/mol. The Labute approximate surface area is 245 Å².